The van der Waals surface area contributed by atoms with Crippen LogP contribution in [0.3, 0.4) is 0 Å². The van der Waals surface area contributed by atoms with Crippen LogP contribution in [-0.2, 0) is 11.2 Å². The van der Waals surface area contributed by atoms with Crippen LogP contribution >= 0.6 is 0 Å². The predicted molar refractivity (Wildman–Crippen MR) is 87.6 cm³/mol. The molecule has 2 amide bonds. The molecule has 2 rings (SSSR count). The summed E-state index contributed by atoms with van der Waals surface area (Å²) >= 11 is 0. The summed E-state index contributed by atoms with van der Waals surface area (Å²) in [6.07, 6.45) is 1.89. The van der Waals surface area contributed by atoms with Crippen molar-refractivity contribution in [3.05, 3.63) is 53.7 Å². The third kappa shape index (κ3) is 4.54. The van der Waals surface area contributed by atoms with Gasteiger partial charge in [0.15, 0.2) is 0 Å². The zero-order valence-corrected chi connectivity index (χ0v) is 13.1. The summed E-state index contributed by atoms with van der Waals surface area (Å²) in [6.45, 7) is 2.27. The first-order valence-electron chi connectivity index (χ1n) is 7.32. The molecule has 0 saturated heterocycles. The molecule has 0 aliphatic carbocycles. The normalized spacial score (nSPS) is 10.0. The first-order chi connectivity index (χ1) is 11.1. The van der Waals surface area contributed by atoms with Gasteiger partial charge in [-0.15, -0.1) is 0 Å². The number of hydrogen-bond acceptors (Lipinski definition) is 4. The van der Waals surface area contributed by atoms with Crippen molar-refractivity contribution in [2.75, 3.05) is 19.0 Å². The molecule has 1 aromatic heterocycles. The van der Waals surface area contributed by atoms with Crippen LogP contribution in [0, 0.1) is 0 Å². The van der Waals surface area contributed by atoms with Gasteiger partial charge >= 0.3 is 0 Å². The minimum atomic E-state index is -0.291. The van der Waals surface area contributed by atoms with Crippen LogP contribution in [0.1, 0.15) is 22.8 Å². The lowest BCUT2D eigenvalue weighted by atomic mass is 10.1. The highest BCUT2D eigenvalue weighted by molar-refractivity contribution is 6.05. The maximum atomic E-state index is 12.3. The van der Waals surface area contributed by atoms with Crippen molar-refractivity contribution in [3.8, 4) is 5.88 Å². The van der Waals surface area contributed by atoms with Crippen LogP contribution in [0.4, 0.5) is 5.69 Å². The van der Waals surface area contributed by atoms with Gasteiger partial charge in [-0.25, -0.2) is 4.98 Å². The number of rotatable bonds is 6. The SMILES string of the molecule is CCOc1ncccc1C(=O)Nc1ccc(CC(=O)NC)cc1. The maximum Gasteiger partial charge on any atom is 0.261 e. The highest BCUT2D eigenvalue weighted by atomic mass is 16.5. The Bertz CT molecular complexity index is 684. The molecule has 0 radical (unpaired) electrons. The van der Waals surface area contributed by atoms with E-state index in [0.29, 0.717) is 30.2 Å². The van der Waals surface area contributed by atoms with Crippen molar-refractivity contribution < 1.29 is 14.3 Å². The fourth-order valence-corrected chi connectivity index (χ4v) is 1.99. The van der Waals surface area contributed by atoms with E-state index in [1.165, 1.54) is 0 Å². The molecule has 0 spiro atoms. The Morgan fingerprint density at radius 3 is 2.57 bits per heavy atom. The molecular weight excluding hydrogens is 294 g/mol. The molecule has 0 bridgehead atoms. The summed E-state index contributed by atoms with van der Waals surface area (Å²) in [6, 6.07) is 10.5. The average molecular weight is 313 g/mol. The number of carbonyl (C=O) groups excluding carboxylic acids is 2. The monoisotopic (exact) mass is 313 g/mol. The van der Waals surface area contributed by atoms with Gasteiger partial charge in [0.05, 0.1) is 13.0 Å². The topological polar surface area (TPSA) is 80.3 Å². The largest absolute Gasteiger partial charge is 0.477 e. The Balaban J connectivity index is 2.07. The minimum absolute atomic E-state index is 0.0569. The van der Waals surface area contributed by atoms with E-state index in [1.807, 2.05) is 6.92 Å². The third-order valence-electron chi connectivity index (χ3n) is 3.15. The quantitative estimate of drug-likeness (QED) is 0.855. The Morgan fingerprint density at radius 2 is 1.91 bits per heavy atom. The molecule has 1 heterocycles. The summed E-state index contributed by atoms with van der Waals surface area (Å²) in [7, 11) is 1.60. The fourth-order valence-electron chi connectivity index (χ4n) is 1.99. The van der Waals surface area contributed by atoms with E-state index in [2.05, 4.69) is 15.6 Å². The van der Waals surface area contributed by atoms with E-state index in [-0.39, 0.29) is 11.8 Å². The Hall–Kier alpha value is -2.89. The highest BCUT2D eigenvalue weighted by Crippen LogP contribution is 2.17. The molecule has 2 aromatic rings. The number of nitrogens with one attached hydrogen (secondary N) is 2. The minimum Gasteiger partial charge on any atom is -0.477 e. The summed E-state index contributed by atoms with van der Waals surface area (Å²) in [4.78, 5) is 27.7. The highest BCUT2D eigenvalue weighted by Gasteiger charge is 2.13. The van der Waals surface area contributed by atoms with Crippen LogP contribution in [-0.4, -0.2) is 30.5 Å². The number of nitrogens with zero attached hydrogens (tertiary/aromatic N) is 1. The van der Waals surface area contributed by atoms with Gasteiger partial charge in [-0.1, -0.05) is 12.1 Å². The van der Waals surface area contributed by atoms with E-state index in [1.54, 1.807) is 49.6 Å². The molecule has 2 N–H and O–H groups in total. The Kier molecular flexibility index (Phi) is 5.68. The average Bonchev–Trinajstić information content (AvgIpc) is 2.57. The molecule has 120 valence electrons. The third-order valence-corrected chi connectivity index (χ3v) is 3.15. The lowest BCUT2D eigenvalue weighted by Crippen LogP contribution is -2.19. The van der Waals surface area contributed by atoms with E-state index >= 15 is 0 Å². The zero-order valence-electron chi connectivity index (χ0n) is 13.1. The second-order valence-electron chi connectivity index (χ2n) is 4.79. The van der Waals surface area contributed by atoms with E-state index in [9.17, 15) is 9.59 Å². The van der Waals surface area contributed by atoms with Gasteiger partial charge in [0, 0.05) is 18.9 Å². The Labute approximate surface area is 134 Å². The lowest BCUT2D eigenvalue weighted by molar-refractivity contribution is -0.119. The number of benzene rings is 1. The van der Waals surface area contributed by atoms with E-state index in [4.69, 9.17) is 4.74 Å². The van der Waals surface area contributed by atoms with Crippen molar-refractivity contribution in [2.45, 2.75) is 13.3 Å². The van der Waals surface area contributed by atoms with Crippen molar-refractivity contribution >= 4 is 17.5 Å². The molecule has 0 unspecified atom stereocenters. The molecule has 6 nitrogen and oxygen atoms in total. The predicted octanol–water partition coefficient (Wildman–Crippen LogP) is 2.02. The number of anilines is 1. The first-order valence-corrected chi connectivity index (χ1v) is 7.32. The summed E-state index contributed by atoms with van der Waals surface area (Å²) in [5, 5.41) is 5.36. The van der Waals surface area contributed by atoms with E-state index in [0.717, 1.165) is 5.56 Å². The van der Waals surface area contributed by atoms with Crippen molar-refractivity contribution in [2.24, 2.45) is 0 Å². The molecule has 0 fully saturated rings. The molecule has 0 atom stereocenters. The van der Waals surface area contributed by atoms with Gasteiger partial charge < -0.3 is 15.4 Å². The standard InChI is InChI=1S/C17H19N3O3/c1-3-23-17-14(5-4-10-19-17)16(22)20-13-8-6-12(7-9-13)11-15(21)18-2/h4-10H,3,11H2,1-2H3,(H,18,21)(H,20,22). The van der Waals surface area contributed by atoms with Crippen LogP contribution in [0.25, 0.3) is 0 Å². The summed E-state index contributed by atoms with van der Waals surface area (Å²) in [5.41, 5.74) is 1.89. The molecular formula is C17H19N3O3. The fraction of sp³-hybridized carbons (Fsp3) is 0.235. The number of pyridine rings is 1. The maximum absolute atomic E-state index is 12.3. The number of amides is 2. The van der Waals surface area contributed by atoms with E-state index < -0.39 is 0 Å². The molecule has 0 saturated carbocycles. The summed E-state index contributed by atoms with van der Waals surface area (Å²) in [5.74, 6) is -0.0390. The van der Waals surface area contributed by atoms with Crippen molar-refractivity contribution in [1.82, 2.24) is 10.3 Å². The van der Waals surface area contributed by atoms with Crippen LogP contribution < -0.4 is 15.4 Å². The van der Waals surface area contributed by atoms with Gasteiger partial charge in [-0.2, -0.15) is 0 Å². The molecule has 23 heavy (non-hydrogen) atoms. The van der Waals surface area contributed by atoms with Crippen LogP contribution in [0.15, 0.2) is 42.6 Å². The van der Waals surface area contributed by atoms with Gasteiger partial charge in [0.1, 0.15) is 5.56 Å². The Morgan fingerprint density at radius 1 is 1.17 bits per heavy atom. The number of carbonyl (C=O) groups is 2. The van der Waals surface area contributed by atoms with Crippen LogP contribution in [0.2, 0.25) is 0 Å². The van der Waals surface area contributed by atoms with Gasteiger partial charge in [-0.3, -0.25) is 9.59 Å². The number of aromatic nitrogens is 1. The van der Waals surface area contributed by atoms with Crippen molar-refractivity contribution in [3.63, 3.8) is 0 Å². The van der Waals surface area contributed by atoms with Crippen molar-refractivity contribution in [1.29, 1.82) is 0 Å². The zero-order chi connectivity index (χ0) is 16.7. The van der Waals surface area contributed by atoms with Gasteiger partial charge in [0.25, 0.3) is 5.91 Å². The van der Waals surface area contributed by atoms with Gasteiger partial charge in [0.2, 0.25) is 11.8 Å². The molecule has 0 aliphatic heterocycles. The van der Waals surface area contributed by atoms with Gasteiger partial charge in [-0.05, 0) is 36.8 Å². The number of hydrogen-bond donors (Lipinski definition) is 2. The lowest BCUT2D eigenvalue weighted by Gasteiger charge is -2.09. The molecule has 6 heteroatoms. The first kappa shape index (κ1) is 16.5. The number of ether oxygens (including phenoxy) is 1. The summed E-state index contributed by atoms with van der Waals surface area (Å²) < 4.78 is 5.35. The molecule has 0 aliphatic rings. The number of likely N-dealkylation sites (N-methyl/N-ethyl adjacent to an activating group) is 1. The second kappa shape index (κ2) is 7.93. The second-order valence-corrected chi connectivity index (χ2v) is 4.79. The molecule has 1 aromatic carbocycles. The van der Waals surface area contributed by atoms with Crippen LogP contribution in [0.5, 0.6) is 5.88 Å². The smallest absolute Gasteiger partial charge is 0.261 e.